The van der Waals surface area contributed by atoms with Crippen LogP contribution in [0.3, 0.4) is 0 Å². The summed E-state index contributed by atoms with van der Waals surface area (Å²) in [4.78, 5) is 6.79. The molecule has 2 nitrogen and oxygen atoms in total. The highest BCUT2D eigenvalue weighted by Gasteiger charge is 2.21. The molecule has 0 aromatic carbocycles. The van der Waals surface area contributed by atoms with Crippen molar-refractivity contribution in [3.8, 4) is 0 Å². The highest BCUT2D eigenvalue weighted by Crippen LogP contribution is 2.22. The summed E-state index contributed by atoms with van der Waals surface area (Å²) in [6.45, 7) is 4.69. The Morgan fingerprint density at radius 1 is 1.42 bits per heavy atom. The van der Waals surface area contributed by atoms with E-state index in [4.69, 9.17) is 0 Å². The van der Waals surface area contributed by atoms with Crippen molar-refractivity contribution in [2.45, 2.75) is 19.4 Å². The van der Waals surface area contributed by atoms with Gasteiger partial charge in [-0.2, -0.15) is 0 Å². The van der Waals surface area contributed by atoms with Crippen LogP contribution >= 0.6 is 0 Å². The molecule has 0 amide bonds. The normalized spacial score (nSPS) is 20.1. The third-order valence-corrected chi connectivity index (χ3v) is 2.55. The average molecular weight is 162 g/mol. The molecule has 0 bridgehead atoms. The Morgan fingerprint density at radius 2 is 2.25 bits per heavy atom. The molecule has 2 heteroatoms. The molecule has 64 valence electrons. The summed E-state index contributed by atoms with van der Waals surface area (Å²) in [5, 5.41) is 0. The Labute approximate surface area is 73.2 Å². The molecule has 12 heavy (non-hydrogen) atoms. The average Bonchev–Trinajstić information content (AvgIpc) is 2.03. The minimum absolute atomic E-state index is 0.500. The lowest BCUT2D eigenvalue weighted by molar-refractivity contribution is 0.126. The Morgan fingerprint density at radius 3 is 2.75 bits per heavy atom. The first-order chi connectivity index (χ1) is 5.88. The molecule has 2 rings (SSSR count). The molecule has 1 aromatic rings. The van der Waals surface area contributed by atoms with Crippen LogP contribution in [-0.2, 0) is 0 Å². The first kappa shape index (κ1) is 7.74. The number of hydrogen-bond acceptors (Lipinski definition) is 2. The Balaban J connectivity index is 2.08. The zero-order chi connectivity index (χ0) is 8.39. The summed E-state index contributed by atoms with van der Waals surface area (Å²) in [6.07, 6.45) is 3.21. The zero-order valence-corrected chi connectivity index (χ0v) is 7.40. The van der Waals surface area contributed by atoms with Crippen LogP contribution in [0, 0.1) is 0 Å². The van der Waals surface area contributed by atoms with Gasteiger partial charge in [-0.05, 0) is 25.5 Å². The van der Waals surface area contributed by atoms with Gasteiger partial charge in [-0.25, -0.2) is 0 Å². The van der Waals surface area contributed by atoms with Gasteiger partial charge in [0, 0.05) is 25.3 Å². The minimum atomic E-state index is 0.500. The standard InChI is InChI=1S/C10H14N2/c1-9(12-7-4-8-12)10-5-2-3-6-11-10/h2-3,5-6,9H,4,7-8H2,1H3. The van der Waals surface area contributed by atoms with Crippen molar-refractivity contribution in [2.24, 2.45) is 0 Å². The monoisotopic (exact) mass is 162 g/mol. The van der Waals surface area contributed by atoms with Crippen LogP contribution in [0.1, 0.15) is 25.1 Å². The van der Waals surface area contributed by atoms with Crippen molar-refractivity contribution in [3.05, 3.63) is 30.1 Å². The summed E-state index contributed by atoms with van der Waals surface area (Å²) in [7, 11) is 0. The molecule has 1 aliphatic rings. The highest BCUT2D eigenvalue weighted by molar-refractivity contribution is 5.08. The summed E-state index contributed by atoms with van der Waals surface area (Å²) in [6, 6.07) is 6.62. The zero-order valence-electron chi connectivity index (χ0n) is 7.40. The van der Waals surface area contributed by atoms with Gasteiger partial charge in [0.05, 0.1) is 5.69 Å². The van der Waals surface area contributed by atoms with E-state index in [0.717, 1.165) is 0 Å². The molecular formula is C10H14N2. The van der Waals surface area contributed by atoms with Crippen LogP contribution in [0.15, 0.2) is 24.4 Å². The first-order valence-electron chi connectivity index (χ1n) is 4.53. The summed E-state index contributed by atoms with van der Waals surface area (Å²) >= 11 is 0. The molecular weight excluding hydrogens is 148 g/mol. The maximum absolute atomic E-state index is 4.34. The van der Waals surface area contributed by atoms with E-state index in [9.17, 15) is 0 Å². The fourth-order valence-corrected chi connectivity index (χ4v) is 1.54. The van der Waals surface area contributed by atoms with Gasteiger partial charge >= 0.3 is 0 Å². The van der Waals surface area contributed by atoms with Gasteiger partial charge in [-0.3, -0.25) is 9.88 Å². The van der Waals surface area contributed by atoms with E-state index in [1.807, 2.05) is 12.3 Å². The number of hydrogen-bond donors (Lipinski definition) is 0. The summed E-state index contributed by atoms with van der Waals surface area (Å²) in [5.74, 6) is 0. The number of nitrogens with zero attached hydrogens (tertiary/aromatic N) is 2. The summed E-state index contributed by atoms with van der Waals surface area (Å²) < 4.78 is 0. The SMILES string of the molecule is CC(c1ccccn1)N1CCC1. The Bertz CT molecular complexity index is 241. The van der Waals surface area contributed by atoms with Gasteiger partial charge in [-0.15, -0.1) is 0 Å². The molecule has 1 aromatic heterocycles. The van der Waals surface area contributed by atoms with Crippen molar-refractivity contribution in [3.63, 3.8) is 0 Å². The second-order valence-electron chi connectivity index (χ2n) is 3.32. The number of aromatic nitrogens is 1. The lowest BCUT2D eigenvalue weighted by Gasteiger charge is -2.35. The van der Waals surface area contributed by atoms with Crippen molar-refractivity contribution < 1.29 is 0 Å². The second kappa shape index (κ2) is 3.23. The Kier molecular flexibility index (Phi) is 2.09. The second-order valence-corrected chi connectivity index (χ2v) is 3.32. The van der Waals surface area contributed by atoms with Crippen LogP contribution in [-0.4, -0.2) is 23.0 Å². The lowest BCUT2D eigenvalue weighted by atomic mass is 10.1. The van der Waals surface area contributed by atoms with Gasteiger partial charge < -0.3 is 0 Å². The molecule has 1 aliphatic heterocycles. The van der Waals surface area contributed by atoms with Crippen LogP contribution in [0.4, 0.5) is 0 Å². The van der Waals surface area contributed by atoms with Crippen molar-refractivity contribution in [1.82, 2.24) is 9.88 Å². The first-order valence-corrected chi connectivity index (χ1v) is 4.53. The fraction of sp³-hybridized carbons (Fsp3) is 0.500. The van der Waals surface area contributed by atoms with E-state index >= 15 is 0 Å². The van der Waals surface area contributed by atoms with Crippen molar-refractivity contribution >= 4 is 0 Å². The van der Waals surface area contributed by atoms with Gasteiger partial charge in [0.15, 0.2) is 0 Å². The van der Waals surface area contributed by atoms with Crippen LogP contribution < -0.4 is 0 Å². The predicted molar refractivity (Wildman–Crippen MR) is 48.8 cm³/mol. The molecule has 2 heterocycles. The summed E-state index contributed by atoms with van der Waals surface area (Å²) in [5.41, 5.74) is 1.19. The number of pyridine rings is 1. The molecule has 0 N–H and O–H groups in total. The van der Waals surface area contributed by atoms with Crippen LogP contribution in [0.25, 0.3) is 0 Å². The molecule has 0 saturated carbocycles. The van der Waals surface area contributed by atoms with E-state index in [-0.39, 0.29) is 0 Å². The van der Waals surface area contributed by atoms with Gasteiger partial charge in [-0.1, -0.05) is 6.07 Å². The minimum Gasteiger partial charge on any atom is -0.295 e. The van der Waals surface area contributed by atoms with E-state index in [1.165, 1.54) is 25.2 Å². The van der Waals surface area contributed by atoms with Gasteiger partial charge in [0.1, 0.15) is 0 Å². The fourth-order valence-electron chi connectivity index (χ4n) is 1.54. The molecule has 0 radical (unpaired) electrons. The lowest BCUT2D eigenvalue weighted by Crippen LogP contribution is -2.39. The highest BCUT2D eigenvalue weighted by atomic mass is 15.2. The van der Waals surface area contributed by atoms with Crippen LogP contribution in [0.5, 0.6) is 0 Å². The van der Waals surface area contributed by atoms with Gasteiger partial charge in [0.25, 0.3) is 0 Å². The van der Waals surface area contributed by atoms with Crippen LogP contribution in [0.2, 0.25) is 0 Å². The van der Waals surface area contributed by atoms with E-state index in [0.29, 0.717) is 6.04 Å². The van der Waals surface area contributed by atoms with E-state index in [2.05, 4.69) is 28.9 Å². The Hall–Kier alpha value is -0.890. The molecule has 1 atom stereocenters. The smallest absolute Gasteiger partial charge is 0.0572 e. The van der Waals surface area contributed by atoms with Gasteiger partial charge in [0.2, 0.25) is 0 Å². The number of rotatable bonds is 2. The van der Waals surface area contributed by atoms with E-state index < -0.39 is 0 Å². The number of likely N-dealkylation sites (tertiary alicyclic amines) is 1. The quantitative estimate of drug-likeness (QED) is 0.659. The largest absolute Gasteiger partial charge is 0.295 e. The van der Waals surface area contributed by atoms with Crippen molar-refractivity contribution in [2.75, 3.05) is 13.1 Å². The maximum Gasteiger partial charge on any atom is 0.0572 e. The molecule has 0 aliphatic carbocycles. The molecule has 1 saturated heterocycles. The maximum atomic E-state index is 4.34. The predicted octanol–water partition coefficient (Wildman–Crippen LogP) is 1.85. The third kappa shape index (κ3) is 1.34. The topological polar surface area (TPSA) is 16.1 Å². The molecule has 1 fully saturated rings. The molecule has 1 unspecified atom stereocenters. The van der Waals surface area contributed by atoms with E-state index in [1.54, 1.807) is 0 Å². The third-order valence-electron chi connectivity index (χ3n) is 2.55. The van der Waals surface area contributed by atoms with Crippen molar-refractivity contribution in [1.29, 1.82) is 0 Å². The molecule has 0 spiro atoms.